The van der Waals surface area contributed by atoms with Crippen LogP contribution in [0.1, 0.15) is 12.5 Å². The molecule has 0 spiro atoms. The number of aryl methyl sites for hydroxylation is 1. The van der Waals surface area contributed by atoms with E-state index in [2.05, 4.69) is 21.2 Å². The maximum atomic E-state index is 13.4. The summed E-state index contributed by atoms with van der Waals surface area (Å²) >= 11 is 3.37. The van der Waals surface area contributed by atoms with Gasteiger partial charge in [-0.2, -0.15) is 0 Å². The van der Waals surface area contributed by atoms with Crippen LogP contribution < -0.4 is 14.4 Å². The van der Waals surface area contributed by atoms with E-state index < -0.39 is 15.9 Å². The van der Waals surface area contributed by atoms with Crippen LogP contribution in [0, 0.1) is 6.92 Å². The first-order chi connectivity index (χ1) is 14.8. The minimum atomic E-state index is -3.96. The molecular formula is C23H23BrN2O4S. The number of sulfonamides is 1. The predicted molar refractivity (Wildman–Crippen MR) is 126 cm³/mol. The molecule has 162 valence electrons. The number of amides is 1. The first kappa shape index (κ1) is 22.8. The Morgan fingerprint density at radius 3 is 2.42 bits per heavy atom. The highest BCUT2D eigenvalue weighted by Crippen LogP contribution is 2.27. The van der Waals surface area contributed by atoms with Crippen LogP contribution >= 0.6 is 15.9 Å². The van der Waals surface area contributed by atoms with Crippen molar-refractivity contribution in [2.24, 2.45) is 0 Å². The van der Waals surface area contributed by atoms with Gasteiger partial charge in [-0.05, 0) is 56.3 Å². The third kappa shape index (κ3) is 5.86. The van der Waals surface area contributed by atoms with Crippen LogP contribution in [0.5, 0.6) is 5.75 Å². The Labute approximate surface area is 191 Å². The molecule has 0 radical (unpaired) electrons. The normalized spacial score (nSPS) is 11.1. The molecule has 0 saturated heterocycles. The molecule has 8 heteroatoms. The number of carbonyl (C=O) groups is 1. The third-order valence-corrected chi connectivity index (χ3v) is 6.70. The highest BCUT2D eigenvalue weighted by molar-refractivity contribution is 9.10. The number of benzene rings is 3. The molecule has 31 heavy (non-hydrogen) atoms. The molecule has 0 aliphatic carbocycles. The molecule has 0 bridgehead atoms. The number of nitrogens with zero attached hydrogens (tertiary/aromatic N) is 1. The number of rotatable bonds is 8. The Morgan fingerprint density at radius 1 is 1.03 bits per heavy atom. The Bertz CT molecular complexity index is 1160. The summed E-state index contributed by atoms with van der Waals surface area (Å²) in [7, 11) is -3.96. The number of hydrogen-bond acceptors (Lipinski definition) is 4. The predicted octanol–water partition coefficient (Wildman–Crippen LogP) is 4.99. The molecule has 1 N–H and O–H groups in total. The summed E-state index contributed by atoms with van der Waals surface area (Å²) in [6.07, 6.45) is 0. The van der Waals surface area contributed by atoms with E-state index in [-0.39, 0.29) is 11.4 Å². The van der Waals surface area contributed by atoms with Gasteiger partial charge in [-0.25, -0.2) is 8.42 Å². The summed E-state index contributed by atoms with van der Waals surface area (Å²) in [4.78, 5) is 12.9. The molecule has 3 aromatic rings. The van der Waals surface area contributed by atoms with Gasteiger partial charge >= 0.3 is 0 Å². The third-order valence-electron chi connectivity index (χ3n) is 4.42. The van der Waals surface area contributed by atoms with Crippen LogP contribution in [0.15, 0.2) is 82.2 Å². The van der Waals surface area contributed by atoms with Gasteiger partial charge in [-0.15, -0.1) is 0 Å². The fraction of sp³-hybridized carbons (Fsp3) is 0.174. The molecule has 6 nitrogen and oxygen atoms in total. The van der Waals surface area contributed by atoms with Gasteiger partial charge < -0.3 is 10.1 Å². The van der Waals surface area contributed by atoms with Crippen LogP contribution in [0.3, 0.4) is 0 Å². The van der Waals surface area contributed by atoms with Gasteiger partial charge in [0.1, 0.15) is 12.3 Å². The number of halogens is 1. The zero-order chi connectivity index (χ0) is 22.4. The van der Waals surface area contributed by atoms with Crippen molar-refractivity contribution >= 4 is 43.2 Å². The topological polar surface area (TPSA) is 75.7 Å². The quantitative estimate of drug-likeness (QED) is 0.470. The summed E-state index contributed by atoms with van der Waals surface area (Å²) in [6, 6.07) is 20.3. The molecule has 1 amide bonds. The Morgan fingerprint density at radius 2 is 1.74 bits per heavy atom. The zero-order valence-electron chi connectivity index (χ0n) is 17.2. The van der Waals surface area contributed by atoms with Gasteiger partial charge in [0.15, 0.2) is 0 Å². The zero-order valence-corrected chi connectivity index (χ0v) is 19.6. The maximum Gasteiger partial charge on any atom is 0.264 e. The number of ether oxygens (including phenoxy) is 1. The van der Waals surface area contributed by atoms with E-state index in [1.807, 2.05) is 13.8 Å². The molecule has 0 aliphatic rings. The van der Waals surface area contributed by atoms with E-state index in [0.717, 1.165) is 9.87 Å². The van der Waals surface area contributed by atoms with E-state index in [1.165, 1.54) is 0 Å². The first-order valence-electron chi connectivity index (χ1n) is 9.67. The molecule has 0 aromatic heterocycles. The fourth-order valence-electron chi connectivity index (χ4n) is 2.95. The van der Waals surface area contributed by atoms with Crippen LogP contribution in [0.2, 0.25) is 0 Å². The van der Waals surface area contributed by atoms with Gasteiger partial charge in [-0.3, -0.25) is 9.10 Å². The molecule has 3 rings (SSSR count). The van der Waals surface area contributed by atoms with Gasteiger partial charge in [-0.1, -0.05) is 45.8 Å². The highest BCUT2D eigenvalue weighted by atomic mass is 79.9. The first-order valence-corrected chi connectivity index (χ1v) is 11.9. The maximum absolute atomic E-state index is 13.4. The minimum Gasteiger partial charge on any atom is -0.494 e. The molecule has 0 unspecified atom stereocenters. The number of anilines is 2. The summed E-state index contributed by atoms with van der Waals surface area (Å²) in [5.41, 5.74) is 1.85. The monoisotopic (exact) mass is 502 g/mol. The molecule has 0 fully saturated rings. The second-order valence-corrected chi connectivity index (χ2v) is 9.59. The van der Waals surface area contributed by atoms with Crippen molar-refractivity contribution in [3.05, 3.63) is 82.8 Å². The smallest absolute Gasteiger partial charge is 0.264 e. The second kappa shape index (κ2) is 9.98. The molecule has 3 aromatic carbocycles. The molecular weight excluding hydrogens is 480 g/mol. The lowest BCUT2D eigenvalue weighted by molar-refractivity contribution is -0.114. The van der Waals surface area contributed by atoms with Crippen molar-refractivity contribution in [1.82, 2.24) is 0 Å². The van der Waals surface area contributed by atoms with E-state index in [1.54, 1.807) is 72.8 Å². The number of carbonyl (C=O) groups excluding carboxylic acids is 1. The lowest BCUT2D eigenvalue weighted by Crippen LogP contribution is -2.38. The minimum absolute atomic E-state index is 0.115. The molecule has 0 saturated carbocycles. The van der Waals surface area contributed by atoms with Crippen molar-refractivity contribution in [2.75, 3.05) is 22.8 Å². The largest absolute Gasteiger partial charge is 0.494 e. The summed E-state index contributed by atoms with van der Waals surface area (Å²) in [6.45, 7) is 3.87. The number of nitrogens with one attached hydrogen (secondary N) is 1. The van der Waals surface area contributed by atoms with Gasteiger partial charge in [0, 0.05) is 16.2 Å². The Balaban J connectivity index is 1.91. The lowest BCUT2D eigenvalue weighted by atomic mass is 10.2. The van der Waals surface area contributed by atoms with E-state index in [0.29, 0.717) is 28.2 Å². The average Bonchev–Trinajstić information content (AvgIpc) is 2.73. The summed E-state index contributed by atoms with van der Waals surface area (Å²) < 4.78 is 34.0. The molecule has 0 aliphatic heterocycles. The lowest BCUT2D eigenvalue weighted by Gasteiger charge is -2.24. The summed E-state index contributed by atoms with van der Waals surface area (Å²) in [5, 5.41) is 2.75. The van der Waals surface area contributed by atoms with Crippen LogP contribution in [0.25, 0.3) is 0 Å². The van der Waals surface area contributed by atoms with E-state index in [9.17, 15) is 13.2 Å². The van der Waals surface area contributed by atoms with Crippen LogP contribution in [-0.2, 0) is 14.8 Å². The second-order valence-electron chi connectivity index (χ2n) is 6.81. The van der Waals surface area contributed by atoms with Crippen molar-refractivity contribution in [1.29, 1.82) is 0 Å². The Hall–Kier alpha value is -2.84. The Kier molecular flexibility index (Phi) is 7.35. The van der Waals surface area contributed by atoms with Crippen LogP contribution in [0.4, 0.5) is 11.4 Å². The van der Waals surface area contributed by atoms with Crippen molar-refractivity contribution in [3.63, 3.8) is 0 Å². The van der Waals surface area contributed by atoms with Gasteiger partial charge in [0.05, 0.1) is 17.2 Å². The van der Waals surface area contributed by atoms with Gasteiger partial charge in [0.2, 0.25) is 5.91 Å². The number of hydrogen-bond donors (Lipinski definition) is 1. The standard InChI is InChI=1S/C23H23BrN2O4S/c1-3-30-21-9-5-7-19(15-21)25-23(27)16-26(20-8-4-6-18(24)14-20)31(28,29)22-12-10-17(2)11-13-22/h4-15H,3,16H2,1-2H3,(H,25,27). The fourth-order valence-corrected chi connectivity index (χ4v) is 4.74. The molecule has 0 atom stereocenters. The average molecular weight is 503 g/mol. The SMILES string of the molecule is CCOc1cccc(NC(=O)CN(c2cccc(Br)c2)S(=O)(=O)c2ccc(C)cc2)c1. The van der Waals surface area contributed by atoms with E-state index in [4.69, 9.17) is 4.74 Å². The van der Waals surface area contributed by atoms with Crippen molar-refractivity contribution in [3.8, 4) is 5.75 Å². The summed E-state index contributed by atoms with van der Waals surface area (Å²) in [5.74, 6) is 0.153. The van der Waals surface area contributed by atoms with Crippen molar-refractivity contribution < 1.29 is 17.9 Å². The van der Waals surface area contributed by atoms with Gasteiger partial charge in [0.25, 0.3) is 10.0 Å². The molecule has 0 heterocycles. The van der Waals surface area contributed by atoms with Crippen molar-refractivity contribution in [2.45, 2.75) is 18.7 Å². The van der Waals surface area contributed by atoms with Crippen LogP contribution in [-0.4, -0.2) is 27.5 Å². The van der Waals surface area contributed by atoms with E-state index >= 15 is 0 Å². The highest BCUT2D eigenvalue weighted by Gasteiger charge is 2.27.